The number of hydrogen-bond donors (Lipinski definition) is 1. The molecule has 0 atom stereocenters. The first-order chi connectivity index (χ1) is 4.27. The van der Waals surface area contributed by atoms with Gasteiger partial charge in [0.2, 0.25) is 0 Å². The van der Waals surface area contributed by atoms with E-state index in [9.17, 15) is 0 Å². The maximum Gasteiger partial charge on any atom is 0.0293 e. The van der Waals surface area contributed by atoms with Crippen LogP contribution in [-0.4, -0.2) is 6.54 Å². The van der Waals surface area contributed by atoms with Crippen LogP contribution in [0, 0.1) is 11.8 Å². The van der Waals surface area contributed by atoms with Crippen LogP contribution in [-0.2, 0) is 0 Å². The summed E-state index contributed by atoms with van der Waals surface area (Å²) in [4.78, 5) is 0. The molecule has 0 saturated heterocycles. The molecule has 0 rings (SSSR count). The third kappa shape index (κ3) is 7.26. The van der Waals surface area contributed by atoms with Gasteiger partial charge in [-0.2, -0.15) is 0 Å². The molecule has 50 valence electrons. The molecule has 2 N–H and O–H groups in total. The van der Waals surface area contributed by atoms with Gasteiger partial charge in [-0.25, -0.2) is 0 Å². The molecule has 0 spiro atoms. The second-order valence-corrected chi connectivity index (χ2v) is 2.03. The van der Waals surface area contributed by atoms with E-state index in [-0.39, 0.29) is 0 Å². The lowest BCUT2D eigenvalue weighted by Crippen LogP contribution is -1.95. The fourth-order valence-electron chi connectivity index (χ4n) is 0.374. The first kappa shape index (κ1) is 8.26. The Balaban J connectivity index is 3.26. The number of allylic oxidation sites excluding steroid dienone is 1. The molecule has 0 aliphatic heterocycles. The second-order valence-electron chi connectivity index (χ2n) is 2.03. The Morgan fingerprint density at radius 3 is 2.67 bits per heavy atom. The van der Waals surface area contributed by atoms with Gasteiger partial charge < -0.3 is 5.73 Å². The molecule has 0 aromatic heterocycles. The van der Waals surface area contributed by atoms with Gasteiger partial charge in [-0.05, 0) is 6.92 Å². The molecule has 0 saturated carbocycles. The predicted molar refractivity (Wildman–Crippen MR) is 40.9 cm³/mol. The van der Waals surface area contributed by atoms with E-state index in [0.29, 0.717) is 6.54 Å². The molecule has 0 aromatic rings. The smallest absolute Gasteiger partial charge is 0.0293 e. The molecule has 0 unspecified atom stereocenters. The maximum absolute atomic E-state index is 5.22. The van der Waals surface area contributed by atoms with E-state index < -0.39 is 0 Å². The zero-order valence-corrected chi connectivity index (χ0v) is 5.91. The van der Waals surface area contributed by atoms with Crippen LogP contribution in [0.4, 0.5) is 0 Å². The largest absolute Gasteiger partial charge is 0.330 e. The summed E-state index contributed by atoms with van der Waals surface area (Å²) in [6.07, 6.45) is 1.60. The van der Waals surface area contributed by atoms with Crippen LogP contribution >= 0.6 is 0 Å². The van der Waals surface area contributed by atoms with Gasteiger partial charge >= 0.3 is 0 Å². The molecule has 0 heterocycles. The van der Waals surface area contributed by atoms with E-state index in [0.717, 1.165) is 18.4 Å². The quantitative estimate of drug-likeness (QED) is 0.435. The number of hydrogen-bond acceptors (Lipinski definition) is 1. The fourth-order valence-corrected chi connectivity index (χ4v) is 0.374. The summed E-state index contributed by atoms with van der Waals surface area (Å²) in [5.74, 6) is 5.89. The van der Waals surface area contributed by atoms with Crippen molar-refractivity contribution in [2.24, 2.45) is 5.73 Å². The van der Waals surface area contributed by atoms with Crippen LogP contribution in [0.5, 0.6) is 0 Å². The van der Waals surface area contributed by atoms with Crippen molar-refractivity contribution in [2.75, 3.05) is 6.54 Å². The molecule has 0 radical (unpaired) electrons. The van der Waals surface area contributed by atoms with Gasteiger partial charge in [-0.15, -0.1) is 5.92 Å². The Kier molecular flexibility index (Phi) is 4.95. The maximum atomic E-state index is 5.22. The van der Waals surface area contributed by atoms with Crippen molar-refractivity contribution in [3.63, 3.8) is 0 Å². The molecule has 9 heavy (non-hydrogen) atoms. The average molecular weight is 123 g/mol. The minimum absolute atomic E-state index is 0.656. The highest BCUT2D eigenvalue weighted by Crippen LogP contribution is 1.90. The van der Waals surface area contributed by atoms with Gasteiger partial charge in [-0.3, -0.25) is 0 Å². The van der Waals surface area contributed by atoms with E-state index in [2.05, 4.69) is 18.4 Å². The molecular formula is C8H13N. The van der Waals surface area contributed by atoms with Crippen molar-refractivity contribution in [3.8, 4) is 11.8 Å². The Bertz CT molecular complexity index is 136. The van der Waals surface area contributed by atoms with E-state index in [1.54, 1.807) is 0 Å². The van der Waals surface area contributed by atoms with Crippen LogP contribution < -0.4 is 5.73 Å². The molecule has 0 amide bonds. The van der Waals surface area contributed by atoms with Crippen molar-refractivity contribution >= 4 is 0 Å². The molecule has 1 heteroatoms. The SMILES string of the molecule is C=C(C)CC#CCCN. The normalized spacial score (nSPS) is 7.78. The summed E-state index contributed by atoms with van der Waals surface area (Å²) in [6, 6.07) is 0. The summed E-state index contributed by atoms with van der Waals surface area (Å²) in [5.41, 5.74) is 6.33. The van der Waals surface area contributed by atoms with Gasteiger partial charge in [0.15, 0.2) is 0 Å². The third-order valence-corrected chi connectivity index (χ3v) is 0.785. The van der Waals surface area contributed by atoms with Crippen molar-refractivity contribution in [1.82, 2.24) is 0 Å². The summed E-state index contributed by atoms with van der Waals surface area (Å²) >= 11 is 0. The number of rotatable bonds is 2. The van der Waals surface area contributed by atoms with Crippen molar-refractivity contribution in [2.45, 2.75) is 19.8 Å². The zero-order chi connectivity index (χ0) is 7.11. The van der Waals surface area contributed by atoms with Crippen LogP contribution in [0.1, 0.15) is 19.8 Å². The molecule has 0 aromatic carbocycles. The highest BCUT2D eigenvalue weighted by Gasteiger charge is 1.75. The molecular weight excluding hydrogens is 110 g/mol. The average Bonchev–Trinajstić information content (AvgIpc) is 1.80. The second kappa shape index (κ2) is 5.40. The minimum Gasteiger partial charge on any atom is -0.330 e. The van der Waals surface area contributed by atoms with Crippen LogP contribution in [0.3, 0.4) is 0 Å². The Labute approximate surface area is 56.9 Å². The Morgan fingerprint density at radius 1 is 1.56 bits per heavy atom. The molecule has 0 aliphatic rings. The van der Waals surface area contributed by atoms with Crippen molar-refractivity contribution in [1.29, 1.82) is 0 Å². The van der Waals surface area contributed by atoms with Gasteiger partial charge in [0.05, 0.1) is 0 Å². The van der Waals surface area contributed by atoms with Gasteiger partial charge in [-0.1, -0.05) is 18.1 Å². The van der Waals surface area contributed by atoms with Crippen LogP contribution in [0.15, 0.2) is 12.2 Å². The van der Waals surface area contributed by atoms with Crippen molar-refractivity contribution < 1.29 is 0 Å². The highest BCUT2D eigenvalue weighted by molar-refractivity contribution is 5.08. The predicted octanol–water partition coefficient (Wildman–Crippen LogP) is 1.30. The minimum atomic E-state index is 0.656. The first-order valence-electron chi connectivity index (χ1n) is 3.07. The van der Waals surface area contributed by atoms with Gasteiger partial charge in [0, 0.05) is 19.4 Å². The first-order valence-corrected chi connectivity index (χ1v) is 3.07. The Morgan fingerprint density at radius 2 is 2.22 bits per heavy atom. The van der Waals surface area contributed by atoms with E-state index >= 15 is 0 Å². The zero-order valence-electron chi connectivity index (χ0n) is 5.91. The lowest BCUT2D eigenvalue weighted by atomic mass is 10.2. The summed E-state index contributed by atoms with van der Waals surface area (Å²) < 4.78 is 0. The van der Waals surface area contributed by atoms with Crippen LogP contribution in [0.25, 0.3) is 0 Å². The molecule has 0 bridgehead atoms. The lowest BCUT2D eigenvalue weighted by Gasteiger charge is -1.83. The Hall–Kier alpha value is -0.740. The summed E-state index contributed by atoms with van der Waals surface area (Å²) in [7, 11) is 0. The van der Waals surface area contributed by atoms with Gasteiger partial charge in [0.25, 0.3) is 0 Å². The highest BCUT2D eigenvalue weighted by atomic mass is 14.5. The monoisotopic (exact) mass is 123 g/mol. The van der Waals surface area contributed by atoms with Crippen LogP contribution in [0.2, 0.25) is 0 Å². The van der Waals surface area contributed by atoms with E-state index in [4.69, 9.17) is 5.73 Å². The third-order valence-electron chi connectivity index (χ3n) is 0.785. The standard InChI is InChI=1S/C8H13N/c1-8(2)6-4-3-5-7-9/h1,5-7,9H2,2H3. The fraction of sp³-hybridized carbons (Fsp3) is 0.500. The molecule has 0 aliphatic carbocycles. The number of nitrogens with two attached hydrogens (primary N) is 1. The molecule has 0 fully saturated rings. The van der Waals surface area contributed by atoms with Gasteiger partial charge in [0.1, 0.15) is 0 Å². The lowest BCUT2D eigenvalue weighted by molar-refractivity contribution is 1.03. The van der Waals surface area contributed by atoms with Crippen molar-refractivity contribution in [3.05, 3.63) is 12.2 Å². The topological polar surface area (TPSA) is 26.0 Å². The summed E-state index contributed by atoms with van der Waals surface area (Å²) in [5, 5.41) is 0. The summed E-state index contributed by atoms with van der Waals surface area (Å²) in [6.45, 7) is 6.34. The van der Waals surface area contributed by atoms with E-state index in [1.165, 1.54) is 0 Å². The van der Waals surface area contributed by atoms with E-state index in [1.807, 2.05) is 6.92 Å². The molecule has 1 nitrogen and oxygen atoms in total.